The monoisotopic (exact) mass is 662 g/mol. The highest BCUT2D eigenvalue weighted by Gasteiger charge is 2.37. The second-order valence-corrected chi connectivity index (χ2v) is 14.1. The molecule has 6 N–H and O–H groups in total. The van der Waals surface area contributed by atoms with Gasteiger partial charge in [0.25, 0.3) is 0 Å². The fourth-order valence-corrected chi connectivity index (χ4v) is 4.89. The zero-order chi connectivity index (χ0) is 35.3. The number of carbonyl (C=O) groups excluding carboxylic acids is 5. The number of nitrogens with zero attached hydrogens (tertiary/aromatic N) is 1. The first kappa shape index (κ1) is 42.7. The van der Waals surface area contributed by atoms with E-state index in [9.17, 15) is 39.3 Å². The Morgan fingerprint density at radius 2 is 1.29 bits per heavy atom. The van der Waals surface area contributed by atoms with Gasteiger partial charge >= 0.3 is 0 Å². The van der Waals surface area contributed by atoms with E-state index in [0.717, 1.165) is 19.3 Å². The fraction of sp³-hybridized carbons (Fsp3) is 0.844. The zero-order valence-electron chi connectivity index (χ0n) is 28.9. The van der Waals surface area contributed by atoms with Gasteiger partial charge in [0.15, 0.2) is 5.78 Å². The van der Waals surface area contributed by atoms with Crippen molar-refractivity contribution in [3.8, 4) is 0 Å². The lowest BCUT2D eigenvalue weighted by atomic mass is 9.97. The number of carbonyl (C=O) groups is 5. The predicted molar refractivity (Wildman–Crippen MR) is 174 cm³/mol. The smallest absolute Gasteiger partial charge is 0.245 e. The molecular weight excluding hydrogens is 604 g/mol. The molecule has 0 radical (unpaired) electrons. The summed E-state index contributed by atoms with van der Waals surface area (Å²) in [6.07, 6.45) is 3.17. The molecule has 0 saturated heterocycles. The largest absolute Gasteiger partial charge is 0.391 e. The lowest BCUT2D eigenvalue weighted by Gasteiger charge is -2.32. The van der Waals surface area contributed by atoms with Crippen LogP contribution < -0.4 is 16.0 Å². The van der Waals surface area contributed by atoms with Gasteiger partial charge in [-0.1, -0.05) is 47.0 Å². The average Bonchev–Trinajstić information content (AvgIpc) is 2.92. The number of halogens is 1. The highest BCUT2D eigenvalue weighted by atomic mass is 35.5. The third-order valence-electron chi connectivity index (χ3n) is 7.64. The Labute approximate surface area is 274 Å². The van der Waals surface area contributed by atoms with Crippen LogP contribution in [-0.4, -0.2) is 104 Å². The van der Waals surface area contributed by atoms with Crippen LogP contribution in [0.25, 0.3) is 0 Å². The van der Waals surface area contributed by atoms with E-state index < -0.39 is 70.9 Å². The molecular formula is C32H59ClN4O8. The Balaban J connectivity index is 5.56. The van der Waals surface area contributed by atoms with Crippen LogP contribution in [0.3, 0.4) is 0 Å². The first-order chi connectivity index (χ1) is 20.5. The standard InChI is InChI=1S/C32H59ClN4O8/c1-19(2)17-23(37(10)24(39)15-13-11-12-14-16-31(7,8)44)28(41)35-25(20(3)4)29(42)36-26(22(6)38)30(43)34-21(5)27(40)32(9,45)18-33/h19-23,25-26,38,44-45H,11-18H2,1-10H3,(H,34,43)(H,35,41)(H,36,42)/t21-,22+,23-,25-,26-,32?/m0/s1. The summed E-state index contributed by atoms with van der Waals surface area (Å²) in [7, 11) is 1.57. The summed E-state index contributed by atoms with van der Waals surface area (Å²) in [5.74, 6) is -3.77. The van der Waals surface area contributed by atoms with E-state index in [1.54, 1.807) is 34.7 Å². The van der Waals surface area contributed by atoms with Crippen molar-refractivity contribution in [2.75, 3.05) is 12.9 Å². The van der Waals surface area contributed by atoms with Gasteiger partial charge in [-0.3, -0.25) is 24.0 Å². The molecule has 6 atom stereocenters. The maximum absolute atomic E-state index is 13.5. The molecule has 0 spiro atoms. The normalized spacial score (nSPS) is 16.6. The topological polar surface area (TPSA) is 185 Å². The van der Waals surface area contributed by atoms with Gasteiger partial charge in [-0.2, -0.15) is 0 Å². The minimum atomic E-state index is -1.89. The Hall–Kier alpha value is -2.28. The number of hydrogen-bond donors (Lipinski definition) is 6. The molecule has 262 valence electrons. The summed E-state index contributed by atoms with van der Waals surface area (Å²) in [6, 6.07) is -4.57. The number of aliphatic hydroxyl groups excluding tert-OH is 1. The van der Waals surface area contributed by atoms with Crippen molar-refractivity contribution in [1.29, 1.82) is 0 Å². The van der Waals surface area contributed by atoms with Gasteiger partial charge < -0.3 is 36.2 Å². The number of likely N-dealkylation sites (N-methyl/N-ethyl adjacent to an activating group) is 1. The third kappa shape index (κ3) is 15.7. The van der Waals surface area contributed by atoms with E-state index >= 15 is 0 Å². The summed E-state index contributed by atoms with van der Waals surface area (Å²) in [6.45, 7) is 14.7. The van der Waals surface area contributed by atoms with Crippen molar-refractivity contribution in [2.45, 2.75) is 149 Å². The van der Waals surface area contributed by atoms with Gasteiger partial charge in [-0.25, -0.2) is 0 Å². The van der Waals surface area contributed by atoms with Gasteiger partial charge in [-0.05, 0) is 65.7 Å². The van der Waals surface area contributed by atoms with Crippen molar-refractivity contribution in [1.82, 2.24) is 20.9 Å². The first-order valence-electron chi connectivity index (χ1n) is 16.0. The number of amides is 4. The summed E-state index contributed by atoms with van der Waals surface area (Å²) in [5, 5.41) is 37.9. The quantitative estimate of drug-likeness (QED) is 0.0796. The van der Waals surface area contributed by atoms with Crippen molar-refractivity contribution in [3.63, 3.8) is 0 Å². The molecule has 0 saturated carbocycles. The minimum absolute atomic E-state index is 0.0664. The molecule has 0 aliphatic heterocycles. The molecule has 0 bridgehead atoms. The van der Waals surface area contributed by atoms with Crippen molar-refractivity contribution >= 4 is 41.0 Å². The number of Topliss-reactive ketones (excluding diaryl/α,β-unsaturated/α-hetero) is 1. The Morgan fingerprint density at radius 3 is 1.76 bits per heavy atom. The van der Waals surface area contributed by atoms with Gasteiger partial charge in [0.1, 0.15) is 23.7 Å². The lowest BCUT2D eigenvalue weighted by molar-refractivity contribution is -0.142. The van der Waals surface area contributed by atoms with Crippen LogP contribution >= 0.6 is 11.6 Å². The zero-order valence-corrected chi connectivity index (χ0v) is 29.7. The molecule has 13 heteroatoms. The van der Waals surface area contributed by atoms with E-state index in [1.165, 1.54) is 25.7 Å². The second-order valence-electron chi connectivity index (χ2n) is 13.8. The Morgan fingerprint density at radius 1 is 0.778 bits per heavy atom. The van der Waals surface area contributed by atoms with Crippen LogP contribution in [0.2, 0.25) is 0 Å². The van der Waals surface area contributed by atoms with Gasteiger partial charge in [0.2, 0.25) is 23.6 Å². The number of rotatable bonds is 21. The maximum atomic E-state index is 13.5. The van der Waals surface area contributed by atoms with Crippen LogP contribution in [0.1, 0.15) is 107 Å². The number of aliphatic hydroxyl groups is 3. The van der Waals surface area contributed by atoms with Crippen LogP contribution in [0.4, 0.5) is 0 Å². The van der Waals surface area contributed by atoms with Crippen LogP contribution in [0, 0.1) is 11.8 Å². The molecule has 0 aliphatic carbocycles. The van der Waals surface area contributed by atoms with Crippen LogP contribution in [-0.2, 0) is 24.0 Å². The lowest BCUT2D eigenvalue weighted by Crippen LogP contribution is -2.61. The molecule has 0 rings (SSSR count). The number of hydrogen-bond acceptors (Lipinski definition) is 8. The van der Waals surface area contributed by atoms with E-state index in [-0.39, 0.29) is 24.1 Å². The van der Waals surface area contributed by atoms with Crippen LogP contribution in [0.15, 0.2) is 0 Å². The molecule has 0 fully saturated rings. The van der Waals surface area contributed by atoms with Gasteiger partial charge in [-0.15, -0.1) is 11.6 Å². The van der Waals surface area contributed by atoms with E-state index in [0.29, 0.717) is 19.3 Å². The molecule has 4 amide bonds. The van der Waals surface area contributed by atoms with Crippen LogP contribution in [0.5, 0.6) is 0 Å². The van der Waals surface area contributed by atoms with Crippen molar-refractivity contribution < 1.29 is 39.3 Å². The van der Waals surface area contributed by atoms with Crippen molar-refractivity contribution in [2.24, 2.45) is 11.8 Å². The van der Waals surface area contributed by atoms with Gasteiger partial charge in [0, 0.05) is 13.5 Å². The molecule has 0 heterocycles. The molecule has 45 heavy (non-hydrogen) atoms. The molecule has 0 aromatic carbocycles. The second kappa shape index (κ2) is 19.4. The maximum Gasteiger partial charge on any atom is 0.245 e. The summed E-state index contributed by atoms with van der Waals surface area (Å²) >= 11 is 5.65. The highest BCUT2D eigenvalue weighted by Crippen LogP contribution is 2.17. The molecule has 0 aromatic heterocycles. The summed E-state index contributed by atoms with van der Waals surface area (Å²) in [5.41, 5.74) is -2.60. The molecule has 12 nitrogen and oxygen atoms in total. The number of ketones is 1. The Kier molecular flexibility index (Phi) is 18.4. The third-order valence-corrected chi connectivity index (χ3v) is 8.16. The molecule has 1 unspecified atom stereocenters. The first-order valence-corrected chi connectivity index (χ1v) is 16.5. The number of nitrogens with one attached hydrogen (secondary N) is 3. The summed E-state index contributed by atoms with van der Waals surface area (Å²) in [4.78, 5) is 66.8. The van der Waals surface area contributed by atoms with Crippen molar-refractivity contribution in [3.05, 3.63) is 0 Å². The highest BCUT2D eigenvalue weighted by molar-refractivity contribution is 6.20. The van der Waals surface area contributed by atoms with Gasteiger partial charge in [0.05, 0.1) is 23.6 Å². The average molecular weight is 663 g/mol. The number of unbranched alkanes of at least 4 members (excludes halogenated alkanes) is 3. The SMILES string of the molecule is CC(C)C[C@@H](C(=O)N[C@H](C(=O)N[C@H](C(=O)N[C@@H](C)C(=O)C(C)(O)CCl)[C@@H](C)O)C(C)C)N(C)C(=O)CCCCCCC(C)(C)O. The number of alkyl halides is 1. The Bertz CT molecular complexity index is 981. The van der Waals surface area contributed by atoms with E-state index in [4.69, 9.17) is 11.6 Å². The van der Waals surface area contributed by atoms with E-state index in [2.05, 4.69) is 16.0 Å². The molecule has 0 aromatic rings. The predicted octanol–water partition coefficient (Wildman–Crippen LogP) is 2.04. The minimum Gasteiger partial charge on any atom is -0.391 e. The molecule has 0 aliphatic rings. The fourth-order valence-electron chi connectivity index (χ4n) is 4.76. The summed E-state index contributed by atoms with van der Waals surface area (Å²) < 4.78 is 0. The van der Waals surface area contributed by atoms with E-state index in [1.807, 2.05) is 13.8 Å².